The van der Waals surface area contributed by atoms with Crippen molar-refractivity contribution in [1.82, 2.24) is 9.88 Å². The zero-order valence-electron chi connectivity index (χ0n) is 15.0. The highest BCUT2D eigenvalue weighted by Gasteiger charge is 2.35. The van der Waals surface area contributed by atoms with Gasteiger partial charge in [0.25, 0.3) is 0 Å². The summed E-state index contributed by atoms with van der Waals surface area (Å²) >= 11 is 12.4. The van der Waals surface area contributed by atoms with Crippen LogP contribution in [-0.2, 0) is 16.8 Å². The molecule has 3 atom stereocenters. The van der Waals surface area contributed by atoms with Gasteiger partial charge >= 0.3 is 0 Å². The average molecular weight is 395 g/mol. The fourth-order valence-corrected chi connectivity index (χ4v) is 4.13. The Balaban J connectivity index is 1.89. The lowest BCUT2D eigenvalue weighted by atomic mass is 9.87. The molecule has 1 aliphatic heterocycles. The third kappa shape index (κ3) is 4.76. The van der Waals surface area contributed by atoms with Crippen molar-refractivity contribution in [1.29, 1.82) is 0 Å². The van der Waals surface area contributed by atoms with E-state index in [9.17, 15) is 5.11 Å². The van der Waals surface area contributed by atoms with Crippen molar-refractivity contribution in [3.8, 4) is 0 Å². The van der Waals surface area contributed by atoms with Crippen LogP contribution in [0.5, 0.6) is 0 Å². The molecule has 1 fully saturated rings. The first kappa shape index (κ1) is 19.6. The molecular formula is C20H24Cl2N2O2. The fourth-order valence-electron chi connectivity index (χ4n) is 3.65. The molecule has 0 bridgehead atoms. The zero-order valence-corrected chi connectivity index (χ0v) is 16.5. The van der Waals surface area contributed by atoms with E-state index in [2.05, 4.69) is 23.7 Å². The van der Waals surface area contributed by atoms with Crippen LogP contribution in [0.2, 0.25) is 10.0 Å². The molecule has 1 unspecified atom stereocenters. The first-order valence-corrected chi connectivity index (χ1v) is 9.56. The van der Waals surface area contributed by atoms with Crippen molar-refractivity contribution in [2.75, 3.05) is 19.6 Å². The number of hydrogen-bond acceptors (Lipinski definition) is 4. The van der Waals surface area contributed by atoms with Crippen LogP contribution in [0.25, 0.3) is 0 Å². The Morgan fingerprint density at radius 2 is 1.96 bits per heavy atom. The predicted molar refractivity (Wildman–Crippen MR) is 105 cm³/mol. The van der Waals surface area contributed by atoms with Gasteiger partial charge in [-0.15, -0.1) is 0 Å². The molecule has 0 amide bonds. The third-order valence-corrected chi connectivity index (χ3v) is 5.26. The second-order valence-electron chi connectivity index (χ2n) is 7.14. The van der Waals surface area contributed by atoms with E-state index in [-0.39, 0.29) is 12.2 Å². The highest BCUT2D eigenvalue weighted by molar-refractivity contribution is 6.35. The number of ether oxygens (including phenoxy) is 1. The normalized spacial score (nSPS) is 23.6. The van der Waals surface area contributed by atoms with Crippen molar-refractivity contribution in [3.05, 3.63) is 63.9 Å². The number of pyridine rings is 1. The molecular weight excluding hydrogens is 371 g/mol. The first-order chi connectivity index (χ1) is 12.4. The van der Waals surface area contributed by atoms with Gasteiger partial charge in [-0.1, -0.05) is 35.3 Å². The van der Waals surface area contributed by atoms with E-state index in [0.29, 0.717) is 23.0 Å². The lowest BCUT2D eigenvalue weighted by Crippen LogP contribution is -2.51. The van der Waals surface area contributed by atoms with Crippen LogP contribution in [-0.4, -0.2) is 46.8 Å². The molecule has 0 saturated carbocycles. The Morgan fingerprint density at radius 1 is 1.23 bits per heavy atom. The number of nitrogens with zero attached hydrogens (tertiary/aromatic N) is 2. The highest BCUT2D eigenvalue weighted by atomic mass is 35.5. The van der Waals surface area contributed by atoms with Gasteiger partial charge in [-0.3, -0.25) is 9.88 Å². The summed E-state index contributed by atoms with van der Waals surface area (Å²) in [6, 6.07) is 9.13. The van der Waals surface area contributed by atoms with E-state index in [4.69, 9.17) is 27.9 Å². The van der Waals surface area contributed by atoms with Crippen LogP contribution >= 0.6 is 23.2 Å². The minimum Gasteiger partial charge on any atom is -0.383 e. The van der Waals surface area contributed by atoms with Crippen LogP contribution < -0.4 is 0 Å². The van der Waals surface area contributed by atoms with Gasteiger partial charge < -0.3 is 9.84 Å². The molecule has 1 N–H and O–H groups in total. The maximum absolute atomic E-state index is 11.6. The van der Waals surface area contributed by atoms with E-state index in [1.54, 1.807) is 24.5 Å². The number of hydrogen-bond donors (Lipinski definition) is 1. The van der Waals surface area contributed by atoms with Gasteiger partial charge in [0, 0.05) is 54.1 Å². The zero-order chi connectivity index (χ0) is 18.7. The van der Waals surface area contributed by atoms with Gasteiger partial charge in [-0.05, 0) is 37.6 Å². The van der Waals surface area contributed by atoms with Gasteiger partial charge in [0.2, 0.25) is 0 Å². The van der Waals surface area contributed by atoms with Crippen LogP contribution in [0.3, 0.4) is 0 Å². The van der Waals surface area contributed by atoms with Crippen molar-refractivity contribution in [2.24, 2.45) is 0 Å². The summed E-state index contributed by atoms with van der Waals surface area (Å²) in [5.74, 6) is 0. The second kappa shape index (κ2) is 8.24. The van der Waals surface area contributed by atoms with Crippen molar-refractivity contribution in [3.63, 3.8) is 0 Å². The molecule has 3 rings (SSSR count). The van der Waals surface area contributed by atoms with E-state index in [0.717, 1.165) is 24.2 Å². The first-order valence-electron chi connectivity index (χ1n) is 8.80. The molecule has 0 radical (unpaired) electrons. The number of β-amino-alcohol motifs (C(OH)–C–C–N with tert-alkyl or cyclic N) is 1. The lowest BCUT2D eigenvalue weighted by molar-refractivity contribution is -0.0938. The van der Waals surface area contributed by atoms with Crippen LogP contribution in [0.4, 0.5) is 0 Å². The number of aliphatic hydroxyl groups is 1. The molecule has 0 aliphatic carbocycles. The molecule has 2 aromatic rings. The third-order valence-electron chi connectivity index (χ3n) is 4.68. The Hall–Kier alpha value is -1.17. The number of benzene rings is 1. The Kier molecular flexibility index (Phi) is 6.21. The standard InChI is InChI=1S/C20H24Cl2N2O2/c1-14-11-24(12-15(2)26-14)13-20(25,17-4-3-7-23-10-17)9-16-5-6-18(21)8-19(16)22/h3-8,10,14-15,25H,9,11-13H2,1-2H3/t14-,15+,20?. The molecule has 0 spiro atoms. The summed E-state index contributed by atoms with van der Waals surface area (Å²) in [4.78, 5) is 6.44. The quantitative estimate of drug-likeness (QED) is 0.834. The molecule has 1 saturated heterocycles. The molecule has 2 heterocycles. The lowest BCUT2D eigenvalue weighted by Gasteiger charge is -2.40. The number of halogens is 2. The van der Waals surface area contributed by atoms with Crippen LogP contribution in [0.1, 0.15) is 25.0 Å². The van der Waals surface area contributed by atoms with Gasteiger partial charge in [0.05, 0.1) is 12.2 Å². The summed E-state index contributed by atoms with van der Waals surface area (Å²) < 4.78 is 5.82. The summed E-state index contributed by atoms with van der Waals surface area (Å²) in [7, 11) is 0. The summed E-state index contributed by atoms with van der Waals surface area (Å²) in [5.41, 5.74) is 0.525. The van der Waals surface area contributed by atoms with E-state index < -0.39 is 5.60 Å². The van der Waals surface area contributed by atoms with Crippen molar-refractivity contribution >= 4 is 23.2 Å². The van der Waals surface area contributed by atoms with Gasteiger partial charge in [-0.2, -0.15) is 0 Å². The Labute approximate surface area is 164 Å². The van der Waals surface area contributed by atoms with Crippen LogP contribution in [0.15, 0.2) is 42.7 Å². The van der Waals surface area contributed by atoms with Crippen molar-refractivity contribution in [2.45, 2.75) is 38.1 Å². The molecule has 1 aromatic heterocycles. The molecule has 26 heavy (non-hydrogen) atoms. The van der Waals surface area contributed by atoms with Crippen molar-refractivity contribution < 1.29 is 9.84 Å². The Morgan fingerprint density at radius 3 is 2.58 bits per heavy atom. The largest absolute Gasteiger partial charge is 0.383 e. The molecule has 1 aromatic carbocycles. The smallest absolute Gasteiger partial charge is 0.108 e. The van der Waals surface area contributed by atoms with E-state index in [1.165, 1.54) is 0 Å². The van der Waals surface area contributed by atoms with Crippen LogP contribution in [0, 0.1) is 0 Å². The SMILES string of the molecule is C[C@@H]1CN(CC(O)(Cc2ccc(Cl)cc2Cl)c2cccnc2)C[C@H](C)O1. The maximum atomic E-state index is 11.6. The highest BCUT2D eigenvalue weighted by Crippen LogP contribution is 2.31. The van der Waals surface area contributed by atoms with Gasteiger partial charge in [-0.25, -0.2) is 0 Å². The Bertz CT molecular complexity index is 734. The van der Waals surface area contributed by atoms with E-state index in [1.807, 2.05) is 18.2 Å². The number of morpholine rings is 1. The maximum Gasteiger partial charge on any atom is 0.108 e. The summed E-state index contributed by atoms with van der Waals surface area (Å²) in [6.45, 7) is 6.15. The van der Waals surface area contributed by atoms with E-state index >= 15 is 0 Å². The summed E-state index contributed by atoms with van der Waals surface area (Å²) in [6.07, 6.45) is 4.08. The fraction of sp³-hybridized carbons (Fsp3) is 0.450. The topological polar surface area (TPSA) is 45.6 Å². The minimum atomic E-state index is -1.11. The average Bonchev–Trinajstić information content (AvgIpc) is 2.57. The van der Waals surface area contributed by atoms with Gasteiger partial charge in [0.1, 0.15) is 5.60 Å². The monoisotopic (exact) mass is 394 g/mol. The molecule has 4 nitrogen and oxygen atoms in total. The second-order valence-corrected chi connectivity index (χ2v) is 7.98. The molecule has 1 aliphatic rings. The molecule has 140 valence electrons. The molecule has 6 heteroatoms. The number of rotatable bonds is 5. The van der Waals surface area contributed by atoms with Gasteiger partial charge in [0.15, 0.2) is 0 Å². The minimum absolute atomic E-state index is 0.135. The predicted octanol–water partition coefficient (Wildman–Crippen LogP) is 3.93. The number of aromatic nitrogens is 1. The summed E-state index contributed by atoms with van der Waals surface area (Å²) in [5, 5.41) is 12.8.